The van der Waals surface area contributed by atoms with Crippen molar-refractivity contribution in [2.24, 2.45) is 5.73 Å². The molecule has 17 heavy (non-hydrogen) atoms. The first-order valence-corrected chi connectivity index (χ1v) is 5.35. The number of aryl methyl sites for hydroxylation is 1. The monoisotopic (exact) mass is 245 g/mol. The predicted octanol–water partition coefficient (Wildman–Crippen LogP) is 2.63. The summed E-state index contributed by atoms with van der Waals surface area (Å²) in [5, 5.41) is 0. The summed E-state index contributed by atoms with van der Waals surface area (Å²) in [6.07, 6.45) is 0. The first-order chi connectivity index (χ1) is 7.91. The van der Waals surface area contributed by atoms with Crippen LogP contribution < -0.4 is 15.2 Å². The molecule has 0 spiro atoms. The molecule has 0 aliphatic rings. The zero-order valence-corrected chi connectivity index (χ0v) is 10.2. The van der Waals surface area contributed by atoms with Crippen molar-refractivity contribution in [3.05, 3.63) is 23.3 Å². The van der Waals surface area contributed by atoms with E-state index in [4.69, 9.17) is 10.5 Å². The van der Waals surface area contributed by atoms with Gasteiger partial charge >= 0.3 is 6.61 Å². The summed E-state index contributed by atoms with van der Waals surface area (Å²) < 4.78 is 34.2. The molecule has 0 radical (unpaired) electrons. The van der Waals surface area contributed by atoms with Crippen molar-refractivity contribution in [3.8, 4) is 11.5 Å². The Hall–Kier alpha value is -1.36. The zero-order chi connectivity index (χ0) is 13.0. The third-order valence-corrected chi connectivity index (χ3v) is 2.26. The molecule has 1 unspecified atom stereocenters. The van der Waals surface area contributed by atoms with Crippen LogP contribution in [0.25, 0.3) is 0 Å². The van der Waals surface area contributed by atoms with Gasteiger partial charge in [0.05, 0.1) is 0 Å². The van der Waals surface area contributed by atoms with E-state index in [0.29, 0.717) is 17.9 Å². The maximum Gasteiger partial charge on any atom is 0.387 e. The average Bonchev–Trinajstić information content (AvgIpc) is 2.21. The molecule has 0 saturated carbocycles. The predicted molar refractivity (Wildman–Crippen MR) is 61.7 cm³/mol. The molecular formula is C12H17F2NO2. The molecule has 0 aliphatic heterocycles. The van der Waals surface area contributed by atoms with Crippen LogP contribution in [0, 0.1) is 13.8 Å². The van der Waals surface area contributed by atoms with E-state index in [-0.39, 0.29) is 11.8 Å². The molecule has 0 saturated heterocycles. The van der Waals surface area contributed by atoms with Crippen molar-refractivity contribution in [1.29, 1.82) is 0 Å². The number of alkyl halides is 2. The maximum absolute atomic E-state index is 12.2. The lowest BCUT2D eigenvalue weighted by Gasteiger charge is -2.16. The molecule has 0 aromatic heterocycles. The number of hydrogen-bond acceptors (Lipinski definition) is 3. The fourth-order valence-corrected chi connectivity index (χ4v) is 1.47. The molecule has 0 amide bonds. The molecule has 1 aromatic rings. The molecule has 0 fully saturated rings. The average molecular weight is 245 g/mol. The van der Waals surface area contributed by atoms with E-state index in [1.165, 1.54) is 6.07 Å². The quantitative estimate of drug-likeness (QED) is 0.867. The van der Waals surface area contributed by atoms with E-state index in [2.05, 4.69) is 4.74 Å². The molecule has 5 heteroatoms. The smallest absolute Gasteiger partial charge is 0.387 e. The highest BCUT2D eigenvalue weighted by Gasteiger charge is 2.13. The Bertz CT molecular complexity index is 381. The van der Waals surface area contributed by atoms with Gasteiger partial charge in [0.2, 0.25) is 0 Å². The fraction of sp³-hybridized carbons (Fsp3) is 0.500. The van der Waals surface area contributed by atoms with Gasteiger partial charge in [0.15, 0.2) is 0 Å². The lowest BCUT2D eigenvalue weighted by molar-refractivity contribution is -0.0504. The van der Waals surface area contributed by atoms with Gasteiger partial charge in [0, 0.05) is 11.6 Å². The minimum Gasteiger partial charge on any atom is -0.491 e. The van der Waals surface area contributed by atoms with Gasteiger partial charge in [-0.1, -0.05) is 6.07 Å². The normalized spacial score (nSPS) is 12.6. The Kier molecular flexibility index (Phi) is 4.69. The minimum absolute atomic E-state index is 0.117. The summed E-state index contributed by atoms with van der Waals surface area (Å²) in [6, 6.07) is 3.07. The van der Waals surface area contributed by atoms with Gasteiger partial charge in [-0.3, -0.25) is 0 Å². The minimum atomic E-state index is -2.84. The number of hydrogen-bond donors (Lipinski definition) is 1. The zero-order valence-electron chi connectivity index (χ0n) is 10.2. The Balaban J connectivity index is 2.94. The molecule has 3 nitrogen and oxygen atoms in total. The molecule has 96 valence electrons. The summed E-state index contributed by atoms with van der Waals surface area (Å²) in [7, 11) is 0. The SMILES string of the molecule is Cc1ccc(OC(F)F)c(C)c1OCC(C)N. The van der Waals surface area contributed by atoms with Crippen LogP contribution >= 0.6 is 0 Å². The fourth-order valence-electron chi connectivity index (χ4n) is 1.47. The van der Waals surface area contributed by atoms with Crippen molar-refractivity contribution in [1.82, 2.24) is 0 Å². The van der Waals surface area contributed by atoms with Crippen molar-refractivity contribution < 1.29 is 18.3 Å². The van der Waals surface area contributed by atoms with Crippen LogP contribution in [0.1, 0.15) is 18.1 Å². The van der Waals surface area contributed by atoms with Crippen molar-refractivity contribution in [2.45, 2.75) is 33.4 Å². The van der Waals surface area contributed by atoms with Crippen molar-refractivity contribution >= 4 is 0 Å². The highest BCUT2D eigenvalue weighted by Crippen LogP contribution is 2.32. The number of benzene rings is 1. The summed E-state index contributed by atoms with van der Waals surface area (Å²) >= 11 is 0. The number of ether oxygens (including phenoxy) is 2. The van der Waals surface area contributed by atoms with Gasteiger partial charge in [0.1, 0.15) is 18.1 Å². The van der Waals surface area contributed by atoms with Gasteiger partial charge in [-0.05, 0) is 32.4 Å². The second kappa shape index (κ2) is 5.82. The standard InChI is InChI=1S/C12H17F2NO2/c1-7-4-5-10(17-12(13)14)9(3)11(7)16-6-8(2)15/h4-5,8,12H,6,15H2,1-3H3. The first-order valence-electron chi connectivity index (χ1n) is 5.35. The molecule has 0 heterocycles. The van der Waals surface area contributed by atoms with E-state index < -0.39 is 6.61 Å². The highest BCUT2D eigenvalue weighted by atomic mass is 19.3. The first kappa shape index (κ1) is 13.7. The molecule has 1 aromatic carbocycles. The number of rotatable bonds is 5. The van der Waals surface area contributed by atoms with Gasteiger partial charge < -0.3 is 15.2 Å². The van der Waals surface area contributed by atoms with Crippen molar-refractivity contribution in [3.63, 3.8) is 0 Å². The van der Waals surface area contributed by atoms with Crippen LogP contribution in [0.3, 0.4) is 0 Å². The number of nitrogens with two attached hydrogens (primary N) is 1. The highest BCUT2D eigenvalue weighted by molar-refractivity contribution is 5.48. The molecule has 0 bridgehead atoms. The second-order valence-corrected chi connectivity index (χ2v) is 4.00. The lowest BCUT2D eigenvalue weighted by Crippen LogP contribution is -2.24. The topological polar surface area (TPSA) is 44.5 Å². The third kappa shape index (κ3) is 3.85. The lowest BCUT2D eigenvalue weighted by atomic mass is 10.1. The van der Waals surface area contributed by atoms with Crippen LogP contribution in [0.15, 0.2) is 12.1 Å². The van der Waals surface area contributed by atoms with Crippen molar-refractivity contribution in [2.75, 3.05) is 6.61 Å². The Morgan fingerprint density at radius 2 is 1.94 bits per heavy atom. The van der Waals surface area contributed by atoms with Crippen LogP contribution in [0.2, 0.25) is 0 Å². The summed E-state index contributed by atoms with van der Waals surface area (Å²) in [5.41, 5.74) is 7.01. The third-order valence-electron chi connectivity index (χ3n) is 2.26. The Labute approximate surface area is 99.5 Å². The largest absolute Gasteiger partial charge is 0.491 e. The van der Waals surface area contributed by atoms with Gasteiger partial charge in [-0.25, -0.2) is 0 Å². The van der Waals surface area contributed by atoms with Crippen LogP contribution in [0.4, 0.5) is 8.78 Å². The number of halogens is 2. The summed E-state index contributed by atoms with van der Waals surface area (Å²) in [5.74, 6) is 0.686. The van der Waals surface area contributed by atoms with E-state index >= 15 is 0 Å². The van der Waals surface area contributed by atoms with Crippen LogP contribution in [0.5, 0.6) is 11.5 Å². The Morgan fingerprint density at radius 3 is 2.47 bits per heavy atom. The van der Waals surface area contributed by atoms with Crippen LogP contribution in [-0.2, 0) is 0 Å². The van der Waals surface area contributed by atoms with Gasteiger partial charge in [-0.2, -0.15) is 8.78 Å². The molecular weight excluding hydrogens is 228 g/mol. The Morgan fingerprint density at radius 1 is 1.29 bits per heavy atom. The van der Waals surface area contributed by atoms with Gasteiger partial charge in [0.25, 0.3) is 0 Å². The molecule has 1 rings (SSSR count). The summed E-state index contributed by atoms with van der Waals surface area (Å²) in [6.45, 7) is 2.83. The second-order valence-electron chi connectivity index (χ2n) is 4.00. The molecule has 0 aliphatic carbocycles. The van der Waals surface area contributed by atoms with E-state index in [1.54, 1.807) is 13.0 Å². The summed E-state index contributed by atoms with van der Waals surface area (Å²) in [4.78, 5) is 0. The maximum atomic E-state index is 12.2. The van der Waals surface area contributed by atoms with Crippen LogP contribution in [-0.4, -0.2) is 19.3 Å². The van der Waals surface area contributed by atoms with Gasteiger partial charge in [-0.15, -0.1) is 0 Å². The molecule has 2 N–H and O–H groups in total. The molecule has 1 atom stereocenters. The van der Waals surface area contributed by atoms with E-state index in [0.717, 1.165) is 5.56 Å². The van der Waals surface area contributed by atoms with E-state index in [1.807, 2.05) is 13.8 Å². The van der Waals surface area contributed by atoms with E-state index in [9.17, 15) is 8.78 Å².